The van der Waals surface area contributed by atoms with Gasteiger partial charge < -0.3 is 10.2 Å². The van der Waals surface area contributed by atoms with Crippen LogP contribution in [0.15, 0.2) is 12.1 Å². The van der Waals surface area contributed by atoms with Crippen LogP contribution in [0.4, 0.5) is 0 Å². The Kier molecular flexibility index (Phi) is 5.15. The van der Waals surface area contributed by atoms with Crippen LogP contribution >= 0.6 is 11.3 Å². The van der Waals surface area contributed by atoms with Gasteiger partial charge in [-0.05, 0) is 32.3 Å². The lowest BCUT2D eigenvalue weighted by Gasteiger charge is -2.11. The summed E-state index contributed by atoms with van der Waals surface area (Å²) in [4.78, 5) is 5.22. The lowest BCUT2D eigenvalue weighted by Crippen LogP contribution is -2.15. The predicted molar refractivity (Wildman–Crippen MR) is 63.7 cm³/mol. The van der Waals surface area contributed by atoms with Crippen LogP contribution in [0.1, 0.15) is 23.6 Å². The fourth-order valence-electron chi connectivity index (χ4n) is 1.23. The summed E-state index contributed by atoms with van der Waals surface area (Å²) >= 11 is 1.91. The van der Waals surface area contributed by atoms with Gasteiger partial charge in [-0.3, -0.25) is 0 Å². The summed E-state index contributed by atoms with van der Waals surface area (Å²) in [6.45, 7) is 8.57. The van der Waals surface area contributed by atoms with E-state index in [1.165, 1.54) is 9.75 Å². The third-order valence-corrected chi connectivity index (χ3v) is 3.30. The molecule has 1 aromatic rings. The highest BCUT2D eigenvalue weighted by molar-refractivity contribution is 7.11. The van der Waals surface area contributed by atoms with Gasteiger partial charge in [0.2, 0.25) is 0 Å². The Bertz CT molecular complexity index is 258. The molecule has 1 N–H and O–H groups in total. The van der Waals surface area contributed by atoms with Crippen LogP contribution in [0.2, 0.25) is 0 Å². The van der Waals surface area contributed by atoms with E-state index in [0.717, 1.165) is 26.2 Å². The van der Waals surface area contributed by atoms with Crippen molar-refractivity contribution < 1.29 is 0 Å². The largest absolute Gasteiger partial charge is 0.312 e. The molecule has 80 valence electrons. The first-order valence-corrected chi connectivity index (χ1v) is 6.04. The summed E-state index contributed by atoms with van der Waals surface area (Å²) in [5.74, 6) is 0. The van der Waals surface area contributed by atoms with Crippen molar-refractivity contribution in [3.05, 3.63) is 21.9 Å². The first-order chi connectivity index (χ1) is 6.76. The molecular weight excluding hydrogens is 192 g/mol. The van der Waals surface area contributed by atoms with Crippen LogP contribution in [0, 0.1) is 0 Å². The number of hydrogen-bond acceptors (Lipinski definition) is 3. The van der Waals surface area contributed by atoms with E-state index in [1.54, 1.807) is 0 Å². The van der Waals surface area contributed by atoms with E-state index in [0.29, 0.717) is 0 Å². The number of nitrogens with one attached hydrogen (secondary N) is 1. The fraction of sp³-hybridized carbons (Fsp3) is 0.636. The highest BCUT2D eigenvalue weighted by Gasteiger charge is 2.01. The molecule has 2 nitrogen and oxygen atoms in total. The summed E-state index contributed by atoms with van der Waals surface area (Å²) < 4.78 is 0. The maximum absolute atomic E-state index is 3.34. The number of hydrogen-bond donors (Lipinski definition) is 1. The Morgan fingerprint density at radius 2 is 2.00 bits per heavy atom. The molecule has 3 heteroatoms. The summed E-state index contributed by atoms with van der Waals surface area (Å²) in [5, 5.41) is 3.34. The highest BCUT2D eigenvalue weighted by atomic mass is 32.1. The van der Waals surface area contributed by atoms with Crippen molar-refractivity contribution in [1.29, 1.82) is 0 Å². The van der Waals surface area contributed by atoms with Crippen molar-refractivity contribution >= 4 is 11.3 Å². The Hall–Kier alpha value is -0.380. The summed E-state index contributed by atoms with van der Waals surface area (Å²) in [5.41, 5.74) is 0. The Morgan fingerprint density at radius 3 is 2.64 bits per heavy atom. The summed E-state index contributed by atoms with van der Waals surface area (Å²) in [7, 11) is 2.16. The second-order valence-corrected chi connectivity index (χ2v) is 4.73. The third-order valence-electron chi connectivity index (χ3n) is 2.23. The molecule has 0 atom stereocenters. The molecule has 1 aromatic heterocycles. The molecule has 0 amide bonds. The average Bonchev–Trinajstić information content (AvgIpc) is 2.62. The molecule has 0 fully saturated rings. The van der Waals surface area contributed by atoms with E-state index in [-0.39, 0.29) is 0 Å². The molecule has 0 unspecified atom stereocenters. The van der Waals surface area contributed by atoms with Gasteiger partial charge in [0.15, 0.2) is 0 Å². The number of rotatable bonds is 6. The summed E-state index contributed by atoms with van der Waals surface area (Å²) in [6.07, 6.45) is 0. The minimum absolute atomic E-state index is 1.01. The molecule has 0 radical (unpaired) electrons. The molecule has 0 bridgehead atoms. The minimum Gasteiger partial charge on any atom is -0.312 e. The van der Waals surface area contributed by atoms with Crippen LogP contribution in [-0.2, 0) is 13.1 Å². The van der Waals surface area contributed by atoms with Gasteiger partial charge >= 0.3 is 0 Å². The maximum Gasteiger partial charge on any atom is 0.0324 e. The van der Waals surface area contributed by atoms with Crippen molar-refractivity contribution in [2.45, 2.75) is 26.9 Å². The van der Waals surface area contributed by atoms with Gasteiger partial charge in [-0.15, -0.1) is 11.3 Å². The standard InChI is InChI=1S/C11H20N2S/c1-4-12-8-10-6-7-11(14-10)9-13(3)5-2/h6-7,12H,4-5,8-9H2,1-3H3. The molecule has 0 spiro atoms. The van der Waals surface area contributed by atoms with Crippen LogP contribution < -0.4 is 5.32 Å². The quantitative estimate of drug-likeness (QED) is 0.778. The second-order valence-electron chi connectivity index (χ2n) is 3.48. The van der Waals surface area contributed by atoms with Gasteiger partial charge in [0, 0.05) is 22.8 Å². The van der Waals surface area contributed by atoms with Crippen LogP contribution in [-0.4, -0.2) is 25.0 Å². The monoisotopic (exact) mass is 212 g/mol. The normalized spacial score (nSPS) is 11.1. The fourth-order valence-corrected chi connectivity index (χ4v) is 2.30. The molecule has 0 saturated heterocycles. The van der Waals surface area contributed by atoms with Gasteiger partial charge in [0.25, 0.3) is 0 Å². The lowest BCUT2D eigenvalue weighted by molar-refractivity contribution is 0.349. The maximum atomic E-state index is 3.34. The summed E-state index contributed by atoms with van der Waals surface area (Å²) in [6, 6.07) is 4.47. The van der Waals surface area contributed by atoms with Crippen molar-refractivity contribution in [2.24, 2.45) is 0 Å². The molecule has 1 heterocycles. The van der Waals surface area contributed by atoms with Gasteiger partial charge in [-0.2, -0.15) is 0 Å². The molecule has 0 saturated carbocycles. The Morgan fingerprint density at radius 1 is 1.29 bits per heavy atom. The van der Waals surface area contributed by atoms with Gasteiger partial charge in [-0.1, -0.05) is 13.8 Å². The average molecular weight is 212 g/mol. The van der Waals surface area contributed by atoms with Crippen molar-refractivity contribution in [1.82, 2.24) is 10.2 Å². The smallest absolute Gasteiger partial charge is 0.0324 e. The molecule has 0 aliphatic heterocycles. The van der Waals surface area contributed by atoms with Crippen LogP contribution in [0.3, 0.4) is 0 Å². The van der Waals surface area contributed by atoms with E-state index in [1.807, 2.05) is 11.3 Å². The first-order valence-electron chi connectivity index (χ1n) is 5.23. The number of nitrogens with zero attached hydrogens (tertiary/aromatic N) is 1. The van der Waals surface area contributed by atoms with Gasteiger partial charge in [0.1, 0.15) is 0 Å². The van der Waals surface area contributed by atoms with Crippen molar-refractivity contribution in [3.63, 3.8) is 0 Å². The SMILES string of the molecule is CCNCc1ccc(CN(C)CC)s1. The van der Waals surface area contributed by atoms with Gasteiger partial charge in [-0.25, -0.2) is 0 Å². The van der Waals surface area contributed by atoms with E-state index in [4.69, 9.17) is 0 Å². The molecular formula is C11H20N2S. The minimum atomic E-state index is 1.01. The van der Waals surface area contributed by atoms with Crippen molar-refractivity contribution in [2.75, 3.05) is 20.1 Å². The van der Waals surface area contributed by atoms with Crippen molar-refractivity contribution in [3.8, 4) is 0 Å². The van der Waals surface area contributed by atoms with Crippen LogP contribution in [0.5, 0.6) is 0 Å². The van der Waals surface area contributed by atoms with E-state index >= 15 is 0 Å². The molecule has 1 rings (SSSR count). The zero-order chi connectivity index (χ0) is 10.4. The lowest BCUT2D eigenvalue weighted by atomic mass is 10.4. The van der Waals surface area contributed by atoms with E-state index < -0.39 is 0 Å². The number of thiophene rings is 1. The molecule has 14 heavy (non-hydrogen) atoms. The zero-order valence-electron chi connectivity index (χ0n) is 9.34. The topological polar surface area (TPSA) is 15.3 Å². The predicted octanol–water partition coefficient (Wildman–Crippen LogP) is 2.31. The second kappa shape index (κ2) is 6.17. The third kappa shape index (κ3) is 3.78. The van der Waals surface area contributed by atoms with E-state index in [9.17, 15) is 0 Å². The van der Waals surface area contributed by atoms with Crippen LogP contribution in [0.25, 0.3) is 0 Å². The molecule has 0 aliphatic carbocycles. The van der Waals surface area contributed by atoms with E-state index in [2.05, 4.69) is 43.2 Å². The van der Waals surface area contributed by atoms with Gasteiger partial charge in [0.05, 0.1) is 0 Å². The first kappa shape index (κ1) is 11.7. The highest BCUT2D eigenvalue weighted by Crippen LogP contribution is 2.17. The Balaban J connectivity index is 2.42. The molecule has 0 aromatic carbocycles. The Labute approximate surface area is 90.9 Å². The molecule has 0 aliphatic rings. The zero-order valence-corrected chi connectivity index (χ0v) is 10.2.